The zero-order chi connectivity index (χ0) is 17.1. The molecule has 0 aliphatic heterocycles. The zero-order valence-electron chi connectivity index (χ0n) is 13.5. The number of fused-ring (bicyclic) bond motifs is 1. The summed E-state index contributed by atoms with van der Waals surface area (Å²) in [6, 6.07) is 12.3. The fraction of sp³-hybridized carbons (Fsp3) is 0.235. The second-order valence-electron chi connectivity index (χ2n) is 5.61. The first-order valence-electron chi connectivity index (χ1n) is 7.63. The summed E-state index contributed by atoms with van der Waals surface area (Å²) in [6.07, 6.45) is 1.63. The van der Waals surface area contributed by atoms with E-state index in [2.05, 4.69) is 15.3 Å². The van der Waals surface area contributed by atoms with E-state index >= 15 is 0 Å². The van der Waals surface area contributed by atoms with Gasteiger partial charge in [0.15, 0.2) is 0 Å². The Hall–Kier alpha value is -3.09. The Kier molecular flexibility index (Phi) is 4.33. The van der Waals surface area contributed by atoms with Crippen molar-refractivity contribution in [3.8, 4) is 0 Å². The van der Waals surface area contributed by atoms with Crippen molar-refractivity contribution in [2.45, 2.75) is 26.4 Å². The maximum Gasteiger partial charge on any atom is 0.278 e. The highest BCUT2D eigenvalue weighted by Crippen LogP contribution is 2.03. The number of carbonyl (C=O) groups is 1. The summed E-state index contributed by atoms with van der Waals surface area (Å²) < 4.78 is 2.49. The molecule has 0 saturated heterocycles. The van der Waals surface area contributed by atoms with Crippen LogP contribution in [0.3, 0.4) is 0 Å². The second kappa shape index (κ2) is 6.57. The zero-order valence-corrected chi connectivity index (χ0v) is 13.5. The van der Waals surface area contributed by atoms with Crippen LogP contribution in [0.1, 0.15) is 18.6 Å². The number of hydrogen-bond acceptors (Lipinski definition) is 5. The van der Waals surface area contributed by atoms with E-state index in [4.69, 9.17) is 0 Å². The van der Waals surface area contributed by atoms with Gasteiger partial charge in [-0.25, -0.2) is 4.68 Å². The number of aromatic nitrogens is 4. The molecule has 0 saturated carbocycles. The first-order chi connectivity index (χ1) is 11.6. The highest BCUT2D eigenvalue weighted by atomic mass is 16.2. The van der Waals surface area contributed by atoms with E-state index in [-0.39, 0.29) is 24.1 Å². The Labute approximate surface area is 137 Å². The van der Waals surface area contributed by atoms with Gasteiger partial charge in [-0.15, -0.1) is 5.10 Å². The van der Waals surface area contributed by atoms with Gasteiger partial charge < -0.3 is 0 Å². The minimum absolute atomic E-state index is 0.0506. The number of nitrogens with zero attached hydrogens (tertiary/aromatic N) is 5. The third kappa shape index (κ3) is 3.15. The van der Waals surface area contributed by atoms with Crippen LogP contribution in [-0.4, -0.2) is 31.5 Å². The molecule has 3 aromatic rings. The number of pyridine rings is 1. The Morgan fingerprint density at radius 1 is 1.17 bits per heavy atom. The van der Waals surface area contributed by atoms with Crippen LogP contribution in [0.2, 0.25) is 0 Å². The largest absolute Gasteiger partial charge is 0.278 e. The molecule has 0 spiro atoms. The van der Waals surface area contributed by atoms with E-state index in [1.165, 1.54) is 4.57 Å². The van der Waals surface area contributed by atoms with Gasteiger partial charge in [-0.05, 0) is 38.1 Å². The van der Waals surface area contributed by atoms with E-state index in [1.54, 1.807) is 42.6 Å². The number of rotatable bonds is 3. The van der Waals surface area contributed by atoms with E-state index in [9.17, 15) is 9.59 Å². The van der Waals surface area contributed by atoms with Gasteiger partial charge in [0, 0.05) is 12.2 Å². The van der Waals surface area contributed by atoms with Crippen molar-refractivity contribution in [2.75, 3.05) is 0 Å². The molecular formula is C17H17N5O2. The standard InChI is InChI=1S/C17H17N5O2/c1-12(2)18-15-9-5-6-10-21(15)16(23)11-22-17(24)13-7-3-4-8-14(13)19-20-22/h3-10,12H,11H2,1-2H3. The molecule has 7 nitrogen and oxygen atoms in total. The van der Waals surface area contributed by atoms with Crippen molar-refractivity contribution in [3.63, 3.8) is 0 Å². The van der Waals surface area contributed by atoms with Gasteiger partial charge in [-0.3, -0.25) is 19.1 Å². The molecule has 0 aliphatic rings. The van der Waals surface area contributed by atoms with Gasteiger partial charge in [-0.1, -0.05) is 23.4 Å². The summed E-state index contributed by atoms with van der Waals surface area (Å²) in [5, 5.41) is 8.28. The monoisotopic (exact) mass is 323 g/mol. The van der Waals surface area contributed by atoms with Crippen LogP contribution < -0.4 is 11.0 Å². The van der Waals surface area contributed by atoms with Crippen molar-refractivity contribution >= 4 is 16.8 Å². The summed E-state index contributed by atoms with van der Waals surface area (Å²) in [7, 11) is 0. The molecule has 122 valence electrons. The minimum atomic E-state index is -0.340. The van der Waals surface area contributed by atoms with E-state index in [1.807, 2.05) is 19.9 Å². The van der Waals surface area contributed by atoms with Gasteiger partial charge in [0.1, 0.15) is 17.5 Å². The van der Waals surface area contributed by atoms with Crippen molar-refractivity contribution < 1.29 is 4.79 Å². The lowest BCUT2D eigenvalue weighted by molar-refractivity contribution is 0.0877. The molecule has 3 rings (SSSR count). The first-order valence-corrected chi connectivity index (χ1v) is 7.63. The Morgan fingerprint density at radius 3 is 2.71 bits per heavy atom. The molecule has 1 aromatic carbocycles. The smallest absolute Gasteiger partial charge is 0.272 e. The summed E-state index contributed by atoms with van der Waals surface area (Å²) in [5.74, 6) is -0.304. The van der Waals surface area contributed by atoms with Crippen molar-refractivity contribution in [1.29, 1.82) is 0 Å². The lowest BCUT2D eigenvalue weighted by Gasteiger charge is -2.08. The third-order valence-corrected chi connectivity index (χ3v) is 3.41. The van der Waals surface area contributed by atoms with Crippen molar-refractivity contribution in [2.24, 2.45) is 4.99 Å². The van der Waals surface area contributed by atoms with Crippen LogP contribution in [0.5, 0.6) is 0 Å². The maximum absolute atomic E-state index is 12.6. The molecule has 2 heterocycles. The molecule has 0 N–H and O–H groups in total. The van der Waals surface area contributed by atoms with Crippen LogP contribution >= 0.6 is 0 Å². The van der Waals surface area contributed by atoms with Gasteiger partial charge in [0.25, 0.3) is 11.5 Å². The topological polar surface area (TPSA) is 82.1 Å². The summed E-state index contributed by atoms with van der Waals surface area (Å²) in [5.41, 5.74) is 0.709. The van der Waals surface area contributed by atoms with Gasteiger partial charge in [0.05, 0.1) is 5.39 Å². The van der Waals surface area contributed by atoms with Crippen LogP contribution in [0, 0.1) is 0 Å². The maximum atomic E-state index is 12.6. The minimum Gasteiger partial charge on any atom is -0.272 e. The molecule has 0 aliphatic carbocycles. The SMILES string of the molecule is CC(C)N=c1ccccn1C(=O)Cn1nnc2ccccc2c1=O. The molecule has 7 heteroatoms. The average Bonchev–Trinajstić information content (AvgIpc) is 2.57. The predicted octanol–water partition coefficient (Wildman–Crippen LogP) is 1.24. The summed E-state index contributed by atoms with van der Waals surface area (Å²) >= 11 is 0. The molecule has 24 heavy (non-hydrogen) atoms. The van der Waals surface area contributed by atoms with Crippen molar-refractivity contribution in [3.05, 3.63) is 64.5 Å². The molecule has 0 bridgehead atoms. The van der Waals surface area contributed by atoms with Crippen LogP contribution in [0.25, 0.3) is 10.9 Å². The quantitative estimate of drug-likeness (QED) is 0.726. The molecule has 2 aromatic heterocycles. The Balaban J connectivity index is 2.00. The molecule has 0 amide bonds. The van der Waals surface area contributed by atoms with Crippen LogP contribution in [0.4, 0.5) is 0 Å². The third-order valence-electron chi connectivity index (χ3n) is 3.41. The fourth-order valence-electron chi connectivity index (χ4n) is 2.35. The molecule has 0 fully saturated rings. The Bertz CT molecular complexity index is 1020. The van der Waals surface area contributed by atoms with E-state index < -0.39 is 0 Å². The number of carbonyl (C=O) groups excluding carboxylic acids is 1. The fourth-order valence-corrected chi connectivity index (χ4v) is 2.35. The molecule has 0 atom stereocenters. The highest BCUT2D eigenvalue weighted by molar-refractivity contribution is 5.79. The molecular weight excluding hydrogens is 306 g/mol. The average molecular weight is 323 g/mol. The first kappa shape index (κ1) is 15.8. The normalized spacial score (nSPS) is 12.0. The highest BCUT2D eigenvalue weighted by Gasteiger charge is 2.11. The van der Waals surface area contributed by atoms with Crippen LogP contribution in [-0.2, 0) is 6.54 Å². The van der Waals surface area contributed by atoms with Gasteiger partial charge in [-0.2, -0.15) is 0 Å². The van der Waals surface area contributed by atoms with Crippen molar-refractivity contribution in [1.82, 2.24) is 19.6 Å². The molecule has 0 radical (unpaired) electrons. The van der Waals surface area contributed by atoms with Crippen LogP contribution in [0.15, 0.2) is 58.4 Å². The lowest BCUT2D eigenvalue weighted by atomic mass is 10.2. The second-order valence-corrected chi connectivity index (χ2v) is 5.61. The van der Waals surface area contributed by atoms with E-state index in [0.717, 1.165) is 4.68 Å². The number of benzene rings is 1. The Morgan fingerprint density at radius 2 is 1.92 bits per heavy atom. The summed E-state index contributed by atoms with van der Waals surface area (Å²) in [4.78, 5) is 29.4. The summed E-state index contributed by atoms with van der Waals surface area (Å²) in [6.45, 7) is 3.66. The lowest BCUT2D eigenvalue weighted by Crippen LogP contribution is -2.34. The van der Waals surface area contributed by atoms with E-state index in [0.29, 0.717) is 16.4 Å². The molecule has 0 unspecified atom stereocenters. The number of hydrogen-bond donors (Lipinski definition) is 0. The van der Waals surface area contributed by atoms with Gasteiger partial charge in [0.2, 0.25) is 0 Å². The predicted molar refractivity (Wildman–Crippen MR) is 89.6 cm³/mol. The van der Waals surface area contributed by atoms with Gasteiger partial charge >= 0.3 is 0 Å².